The highest BCUT2D eigenvalue weighted by molar-refractivity contribution is 7.88. The molecule has 0 saturated heterocycles. The van der Waals surface area contributed by atoms with Gasteiger partial charge in [0.2, 0.25) is 21.7 Å². The number of benzene rings is 2. The lowest BCUT2D eigenvalue weighted by Gasteiger charge is -2.20. The quantitative estimate of drug-likeness (QED) is 0.607. The third-order valence-electron chi connectivity index (χ3n) is 4.31. The average molecular weight is 440 g/mol. The fourth-order valence-corrected chi connectivity index (χ4v) is 3.49. The van der Waals surface area contributed by atoms with Crippen molar-refractivity contribution >= 4 is 15.9 Å². The van der Waals surface area contributed by atoms with E-state index in [4.69, 9.17) is 14.2 Å². The topological polar surface area (TPSA) is 94.2 Å². The third kappa shape index (κ3) is 6.07. The number of rotatable bonds is 10. The van der Waals surface area contributed by atoms with Crippen LogP contribution in [0.4, 0.5) is 4.39 Å². The molecule has 8 nitrogen and oxygen atoms in total. The second kappa shape index (κ2) is 10.3. The largest absolute Gasteiger partial charge is 0.493 e. The van der Waals surface area contributed by atoms with Gasteiger partial charge >= 0.3 is 0 Å². The number of nitrogens with one attached hydrogen (secondary N) is 1. The number of ether oxygens (including phenoxy) is 3. The molecule has 0 heterocycles. The maximum Gasteiger partial charge on any atom is 0.235 e. The molecular weight excluding hydrogens is 415 g/mol. The summed E-state index contributed by atoms with van der Waals surface area (Å²) in [6, 6.07) is 9.17. The number of nitrogens with zero attached hydrogens (tertiary/aromatic N) is 1. The number of amides is 1. The van der Waals surface area contributed by atoms with Crippen molar-refractivity contribution in [1.29, 1.82) is 0 Å². The maximum absolute atomic E-state index is 13.9. The average Bonchev–Trinajstić information content (AvgIpc) is 2.71. The van der Waals surface area contributed by atoms with Crippen molar-refractivity contribution in [1.82, 2.24) is 9.62 Å². The van der Waals surface area contributed by atoms with Crippen LogP contribution < -0.4 is 19.5 Å². The van der Waals surface area contributed by atoms with E-state index < -0.39 is 28.3 Å². The van der Waals surface area contributed by atoms with E-state index >= 15 is 0 Å². The number of carbonyl (C=O) groups is 1. The minimum Gasteiger partial charge on any atom is -0.493 e. The van der Waals surface area contributed by atoms with E-state index in [1.807, 2.05) is 0 Å². The van der Waals surface area contributed by atoms with E-state index in [-0.39, 0.29) is 18.7 Å². The first-order valence-electron chi connectivity index (χ1n) is 8.93. The molecule has 0 bridgehead atoms. The fourth-order valence-electron chi connectivity index (χ4n) is 2.76. The van der Waals surface area contributed by atoms with Crippen LogP contribution in [0.1, 0.15) is 11.1 Å². The molecule has 0 atom stereocenters. The van der Waals surface area contributed by atoms with Gasteiger partial charge in [0.1, 0.15) is 5.82 Å². The van der Waals surface area contributed by atoms with E-state index in [1.165, 1.54) is 39.5 Å². The van der Waals surface area contributed by atoms with Gasteiger partial charge in [0, 0.05) is 18.7 Å². The molecule has 0 unspecified atom stereocenters. The van der Waals surface area contributed by atoms with Gasteiger partial charge in [-0.15, -0.1) is 0 Å². The van der Waals surface area contributed by atoms with Gasteiger partial charge in [0.15, 0.2) is 11.5 Å². The van der Waals surface area contributed by atoms with Gasteiger partial charge in [0.05, 0.1) is 34.1 Å². The number of methoxy groups -OCH3 is 3. The van der Waals surface area contributed by atoms with Crippen LogP contribution in [0.5, 0.6) is 17.2 Å². The summed E-state index contributed by atoms with van der Waals surface area (Å²) in [6.45, 7) is -0.590. The van der Waals surface area contributed by atoms with E-state index in [1.54, 1.807) is 18.2 Å². The van der Waals surface area contributed by atoms with Gasteiger partial charge in [0.25, 0.3) is 0 Å². The van der Waals surface area contributed by atoms with Crippen molar-refractivity contribution in [2.45, 2.75) is 13.1 Å². The van der Waals surface area contributed by atoms with Gasteiger partial charge in [-0.05, 0) is 23.8 Å². The monoisotopic (exact) mass is 440 g/mol. The first kappa shape index (κ1) is 23.4. The summed E-state index contributed by atoms with van der Waals surface area (Å²) < 4.78 is 54.7. The molecule has 2 aromatic rings. The number of hydrogen-bond donors (Lipinski definition) is 1. The lowest BCUT2D eigenvalue weighted by Crippen LogP contribution is -2.39. The zero-order chi connectivity index (χ0) is 22.3. The maximum atomic E-state index is 13.9. The van der Waals surface area contributed by atoms with Gasteiger partial charge in [-0.3, -0.25) is 4.79 Å². The SMILES string of the molecule is COc1cc(CNC(=O)CN(Cc2ccccc2F)S(C)(=O)=O)cc(OC)c1OC. The Morgan fingerprint density at radius 3 is 2.17 bits per heavy atom. The second-order valence-corrected chi connectivity index (χ2v) is 8.42. The highest BCUT2D eigenvalue weighted by atomic mass is 32.2. The lowest BCUT2D eigenvalue weighted by atomic mass is 10.1. The standard InChI is InChI=1S/C20H25FN2O6S/c1-27-17-9-14(10-18(28-2)20(17)29-3)11-22-19(24)13-23(30(4,25)26)12-15-7-5-6-8-16(15)21/h5-10H,11-13H2,1-4H3,(H,22,24). The molecule has 1 N–H and O–H groups in total. The molecule has 2 aromatic carbocycles. The normalized spacial score (nSPS) is 11.3. The zero-order valence-electron chi connectivity index (χ0n) is 17.3. The number of halogens is 1. The molecule has 0 aliphatic carbocycles. The highest BCUT2D eigenvalue weighted by Gasteiger charge is 2.22. The minimum atomic E-state index is -3.74. The van der Waals surface area contributed by atoms with Crippen LogP contribution in [0.25, 0.3) is 0 Å². The molecular formula is C20H25FN2O6S. The van der Waals surface area contributed by atoms with E-state index in [0.717, 1.165) is 10.6 Å². The Hall–Kier alpha value is -2.85. The molecule has 0 radical (unpaired) electrons. The Morgan fingerprint density at radius 1 is 1.07 bits per heavy atom. The summed E-state index contributed by atoms with van der Waals surface area (Å²) >= 11 is 0. The highest BCUT2D eigenvalue weighted by Crippen LogP contribution is 2.38. The molecule has 0 aliphatic heterocycles. The van der Waals surface area contributed by atoms with Crippen LogP contribution >= 0.6 is 0 Å². The molecule has 10 heteroatoms. The summed E-state index contributed by atoms with van der Waals surface area (Å²) in [6.07, 6.45) is 0.973. The Balaban J connectivity index is 2.10. The van der Waals surface area contributed by atoms with E-state index in [0.29, 0.717) is 22.8 Å². The van der Waals surface area contributed by atoms with Gasteiger partial charge < -0.3 is 19.5 Å². The Kier molecular flexibility index (Phi) is 8.01. The van der Waals surface area contributed by atoms with Crippen molar-refractivity contribution in [3.8, 4) is 17.2 Å². The fraction of sp³-hybridized carbons (Fsp3) is 0.350. The summed E-state index contributed by atoms with van der Waals surface area (Å²) in [7, 11) is 0.701. The molecule has 1 amide bonds. The van der Waals surface area contributed by atoms with Crippen LogP contribution in [-0.4, -0.2) is 52.8 Å². The molecule has 0 fully saturated rings. The molecule has 0 spiro atoms. The molecule has 0 aliphatic rings. The van der Waals surface area contributed by atoms with Crippen LogP contribution in [0.3, 0.4) is 0 Å². The Bertz CT molecular complexity index is 972. The van der Waals surface area contributed by atoms with Crippen LogP contribution in [0, 0.1) is 5.82 Å². The molecule has 0 aromatic heterocycles. The smallest absolute Gasteiger partial charge is 0.235 e. The number of sulfonamides is 1. The van der Waals surface area contributed by atoms with Crippen molar-refractivity contribution < 1.29 is 31.8 Å². The summed E-state index contributed by atoms with van der Waals surface area (Å²) in [5.41, 5.74) is 0.846. The van der Waals surface area contributed by atoms with Crippen molar-refractivity contribution in [3.05, 3.63) is 53.3 Å². The molecule has 2 rings (SSSR count). The molecule has 164 valence electrons. The van der Waals surface area contributed by atoms with Gasteiger partial charge in [-0.25, -0.2) is 12.8 Å². The van der Waals surface area contributed by atoms with Crippen LogP contribution in [0.2, 0.25) is 0 Å². The number of hydrogen-bond acceptors (Lipinski definition) is 6. The van der Waals surface area contributed by atoms with Crippen molar-refractivity contribution in [2.24, 2.45) is 0 Å². The van der Waals surface area contributed by atoms with Gasteiger partial charge in [-0.1, -0.05) is 18.2 Å². The zero-order valence-corrected chi connectivity index (χ0v) is 18.1. The third-order valence-corrected chi connectivity index (χ3v) is 5.50. The lowest BCUT2D eigenvalue weighted by molar-refractivity contribution is -0.121. The summed E-state index contributed by atoms with van der Waals surface area (Å²) in [5, 5.41) is 2.65. The first-order chi connectivity index (χ1) is 14.2. The Labute approximate surface area is 175 Å². The van der Waals surface area contributed by atoms with Crippen molar-refractivity contribution in [2.75, 3.05) is 34.1 Å². The predicted octanol–water partition coefficient (Wildman–Crippen LogP) is 1.93. The van der Waals surface area contributed by atoms with E-state index in [9.17, 15) is 17.6 Å². The van der Waals surface area contributed by atoms with Gasteiger partial charge in [-0.2, -0.15) is 4.31 Å². The number of carbonyl (C=O) groups excluding carboxylic acids is 1. The first-order valence-corrected chi connectivity index (χ1v) is 10.8. The van der Waals surface area contributed by atoms with Crippen LogP contribution in [-0.2, 0) is 27.9 Å². The van der Waals surface area contributed by atoms with Crippen LogP contribution in [0.15, 0.2) is 36.4 Å². The summed E-state index contributed by atoms with van der Waals surface area (Å²) in [5.74, 6) is 0.203. The van der Waals surface area contributed by atoms with Crippen molar-refractivity contribution in [3.63, 3.8) is 0 Å². The van der Waals surface area contributed by atoms with E-state index in [2.05, 4.69) is 5.32 Å². The predicted molar refractivity (Wildman–Crippen MR) is 110 cm³/mol. The molecule has 0 saturated carbocycles. The summed E-state index contributed by atoms with van der Waals surface area (Å²) in [4.78, 5) is 12.4. The minimum absolute atomic E-state index is 0.104. The second-order valence-electron chi connectivity index (χ2n) is 6.43. The Morgan fingerprint density at radius 2 is 1.67 bits per heavy atom. The molecule has 30 heavy (non-hydrogen) atoms.